The van der Waals surface area contributed by atoms with Gasteiger partial charge in [-0.3, -0.25) is 4.90 Å². The zero-order valence-electron chi connectivity index (χ0n) is 15.5. The Bertz CT molecular complexity index is 1070. The van der Waals surface area contributed by atoms with Gasteiger partial charge in [0, 0.05) is 19.0 Å². The van der Waals surface area contributed by atoms with E-state index in [1.54, 1.807) is 0 Å². The van der Waals surface area contributed by atoms with Crippen LogP contribution < -0.4 is 0 Å². The van der Waals surface area contributed by atoms with Crippen molar-refractivity contribution in [3.63, 3.8) is 0 Å². The van der Waals surface area contributed by atoms with Crippen LogP contribution in [-0.4, -0.2) is 37.9 Å². The predicted octanol–water partition coefficient (Wildman–Crippen LogP) is 4.19. The van der Waals surface area contributed by atoms with E-state index in [-0.39, 0.29) is 0 Å². The van der Waals surface area contributed by atoms with E-state index in [2.05, 4.69) is 35.0 Å². The average Bonchev–Trinajstić information content (AvgIpc) is 3.13. The molecule has 0 amide bonds. The maximum absolute atomic E-state index is 4.87. The van der Waals surface area contributed by atoms with Crippen LogP contribution in [0.1, 0.15) is 36.0 Å². The van der Waals surface area contributed by atoms with Gasteiger partial charge in [-0.25, -0.2) is 15.0 Å². The summed E-state index contributed by atoms with van der Waals surface area (Å²) in [5.41, 5.74) is 6.24. The fourth-order valence-corrected chi connectivity index (χ4v) is 4.07. The number of rotatable bonds is 3. The number of benzene rings is 2. The molecule has 5 rings (SSSR count). The van der Waals surface area contributed by atoms with Gasteiger partial charge in [-0.1, -0.05) is 24.3 Å². The molecule has 1 atom stereocenters. The molecule has 1 fully saturated rings. The first-order valence-corrected chi connectivity index (χ1v) is 9.65. The van der Waals surface area contributed by atoms with Crippen LogP contribution in [0.4, 0.5) is 0 Å². The van der Waals surface area contributed by atoms with Crippen molar-refractivity contribution in [2.45, 2.75) is 32.2 Å². The number of aryl methyl sites for hydroxylation is 1. The van der Waals surface area contributed by atoms with Crippen molar-refractivity contribution in [1.82, 2.24) is 24.8 Å². The molecule has 5 heteroatoms. The third kappa shape index (κ3) is 3.19. The second kappa shape index (κ2) is 6.74. The van der Waals surface area contributed by atoms with Gasteiger partial charge in [0.25, 0.3) is 0 Å². The van der Waals surface area contributed by atoms with Crippen molar-refractivity contribution < 1.29 is 0 Å². The highest BCUT2D eigenvalue weighted by atomic mass is 15.1. The lowest BCUT2D eigenvalue weighted by atomic mass is 9.97. The van der Waals surface area contributed by atoms with Crippen molar-refractivity contribution in [2.75, 3.05) is 13.1 Å². The van der Waals surface area contributed by atoms with Gasteiger partial charge in [0.15, 0.2) is 0 Å². The molecule has 1 saturated heterocycles. The van der Waals surface area contributed by atoms with E-state index in [0.29, 0.717) is 5.92 Å². The minimum Gasteiger partial charge on any atom is -0.342 e. The van der Waals surface area contributed by atoms with Crippen LogP contribution in [-0.2, 0) is 6.54 Å². The Kier molecular flexibility index (Phi) is 4.09. The molecule has 1 aliphatic rings. The maximum atomic E-state index is 4.87. The van der Waals surface area contributed by atoms with E-state index in [1.165, 1.54) is 12.8 Å². The summed E-state index contributed by atoms with van der Waals surface area (Å²) in [5.74, 6) is 1.56. The van der Waals surface area contributed by atoms with E-state index < -0.39 is 0 Å². The van der Waals surface area contributed by atoms with Crippen molar-refractivity contribution in [2.24, 2.45) is 0 Å². The molecule has 2 aromatic heterocycles. The molecule has 27 heavy (non-hydrogen) atoms. The molecule has 136 valence electrons. The number of fused-ring (bicyclic) bond motifs is 2. The summed E-state index contributed by atoms with van der Waals surface area (Å²) in [6, 6.07) is 16.4. The Hall–Kier alpha value is -2.79. The molecule has 2 aromatic carbocycles. The second-order valence-corrected chi connectivity index (χ2v) is 7.46. The number of hydrogen-bond donors (Lipinski definition) is 1. The summed E-state index contributed by atoms with van der Waals surface area (Å²) >= 11 is 0. The van der Waals surface area contributed by atoms with Crippen molar-refractivity contribution in [3.05, 3.63) is 65.7 Å². The number of para-hydroxylation sites is 4. The lowest BCUT2D eigenvalue weighted by molar-refractivity contribution is 0.194. The Morgan fingerprint density at radius 2 is 1.70 bits per heavy atom. The van der Waals surface area contributed by atoms with Gasteiger partial charge in [0.2, 0.25) is 0 Å². The Morgan fingerprint density at radius 1 is 0.963 bits per heavy atom. The molecule has 0 unspecified atom stereocenters. The minimum atomic E-state index is 0.444. The minimum absolute atomic E-state index is 0.444. The normalized spacial score (nSPS) is 18.3. The van der Waals surface area contributed by atoms with Crippen molar-refractivity contribution in [3.8, 4) is 0 Å². The number of nitrogens with zero attached hydrogens (tertiary/aromatic N) is 4. The molecule has 0 aliphatic carbocycles. The van der Waals surface area contributed by atoms with Crippen LogP contribution in [0.15, 0.2) is 48.5 Å². The van der Waals surface area contributed by atoms with Crippen molar-refractivity contribution in [1.29, 1.82) is 0 Å². The van der Waals surface area contributed by atoms with E-state index in [9.17, 15) is 0 Å². The molecule has 0 saturated carbocycles. The summed E-state index contributed by atoms with van der Waals surface area (Å²) in [5, 5.41) is 0. The third-order valence-corrected chi connectivity index (χ3v) is 5.52. The monoisotopic (exact) mass is 357 g/mol. The highest BCUT2D eigenvalue weighted by molar-refractivity contribution is 5.75. The van der Waals surface area contributed by atoms with Gasteiger partial charge in [-0.2, -0.15) is 0 Å². The molecule has 1 aliphatic heterocycles. The summed E-state index contributed by atoms with van der Waals surface area (Å²) in [6.45, 7) is 5.02. The van der Waals surface area contributed by atoms with Crippen LogP contribution in [0.5, 0.6) is 0 Å². The first kappa shape index (κ1) is 16.4. The first-order valence-electron chi connectivity index (χ1n) is 9.65. The van der Waals surface area contributed by atoms with E-state index in [4.69, 9.17) is 15.0 Å². The average molecular weight is 357 g/mol. The van der Waals surface area contributed by atoms with E-state index in [0.717, 1.165) is 58.9 Å². The van der Waals surface area contributed by atoms with E-state index >= 15 is 0 Å². The highest BCUT2D eigenvalue weighted by Gasteiger charge is 2.24. The molecular weight excluding hydrogens is 334 g/mol. The standard InChI is InChI=1S/C22H23N5/c1-15-21(24-18-9-3-2-8-17(18)23-15)14-27-12-6-7-16(13-27)22-25-19-10-4-5-11-20(19)26-22/h2-5,8-11,16H,6-7,12-14H2,1H3,(H,25,26)/t16-/m0/s1. The predicted molar refractivity (Wildman–Crippen MR) is 108 cm³/mol. The van der Waals surface area contributed by atoms with Gasteiger partial charge in [0.05, 0.1) is 33.5 Å². The van der Waals surface area contributed by atoms with Gasteiger partial charge < -0.3 is 4.98 Å². The Labute approximate surface area is 158 Å². The van der Waals surface area contributed by atoms with Crippen LogP contribution in [0.3, 0.4) is 0 Å². The number of aromatic amines is 1. The lowest BCUT2D eigenvalue weighted by Crippen LogP contribution is -2.34. The molecule has 4 aromatic rings. The fourth-order valence-electron chi connectivity index (χ4n) is 4.07. The Balaban J connectivity index is 1.37. The van der Waals surface area contributed by atoms with E-state index in [1.807, 2.05) is 30.3 Å². The molecule has 0 spiro atoms. The molecule has 3 heterocycles. The number of aromatic nitrogens is 4. The Morgan fingerprint density at radius 3 is 2.52 bits per heavy atom. The van der Waals surface area contributed by atoms with Gasteiger partial charge in [-0.05, 0) is 50.6 Å². The number of hydrogen-bond acceptors (Lipinski definition) is 4. The molecule has 0 bridgehead atoms. The largest absolute Gasteiger partial charge is 0.342 e. The highest BCUT2D eigenvalue weighted by Crippen LogP contribution is 2.27. The summed E-state index contributed by atoms with van der Waals surface area (Å²) in [6.07, 6.45) is 2.36. The smallest absolute Gasteiger partial charge is 0.111 e. The molecule has 5 nitrogen and oxygen atoms in total. The van der Waals surface area contributed by atoms with Gasteiger partial charge >= 0.3 is 0 Å². The quantitative estimate of drug-likeness (QED) is 0.597. The van der Waals surface area contributed by atoms with Crippen molar-refractivity contribution >= 4 is 22.1 Å². The number of H-pyrrole nitrogens is 1. The first-order chi connectivity index (χ1) is 13.3. The number of piperidine rings is 1. The summed E-state index contributed by atoms with van der Waals surface area (Å²) in [7, 11) is 0. The third-order valence-electron chi connectivity index (χ3n) is 5.52. The maximum Gasteiger partial charge on any atom is 0.111 e. The molecule has 0 radical (unpaired) electrons. The topological polar surface area (TPSA) is 57.7 Å². The van der Waals surface area contributed by atoms with Gasteiger partial charge in [0.1, 0.15) is 5.82 Å². The lowest BCUT2D eigenvalue weighted by Gasteiger charge is -2.31. The molecular formula is C22H23N5. The summed E-state index contributed by atoms with van der Waals surface area (Å²) in [4.78, 5) is 20.5. The SMILES string of the molecule is Cc1nc2ccccc2nc1CN1CCC[C@H](c2nc3ccccc3[nH]2)C1. The number of likely N-dealkylation sites (tertiary alicyclic amines) is 1. The van der Waals surface area contributed by atoms with Crippen LogP contribution in [0.2, 0.25) is 0 Å². The number of imidazole rings is 1. The molecule has 1 N–H and O–H groups in total. The zero-order chi connectivity index (χ0) is 18.2. The van der Waals surface area contributed by atoms with Crippen LogP contribution in [0, 0.1) is 6.92 Å². The number of nitrogens with one attached hydrogen (secondary N) is 1. The fraction of sp³-hybridized carbons (Fsp3) is 0.318. The van der Waals surface area contributed by atoms with Crippen LogP contribution >= 0.6 is 0 Å². The second-order valence-electron chi connectivity index (χ2n) is 7.46. The van der Waals surface area contributed by atoms with Gasteiger partial charge in [-0.15, -0.1) is 0 Å². The zero-order valence-corrected chi connectivity index (χ0v) is 15.5. The van der Waals surface area contributed by atoms with Crippen LogP contribution in [0.25, 0.3) is 22.1 Å². The summed E-state index contributed by atoms with van der Waals surface area (Å²) < 4.78 is 0.